The zero-order valence-electron chi connectivity index (χ0n) is 20.9. The smallest absolute Gasteiger partial charge is 0.374 e. The molecule has 0 amide bonds. The van der Waals surface area contributed by atoms with E-state index < -0.39 is 17.6 Å². The van der Waals surface area contributed by atoms with E-state index in [-0.39, 0.29) is 0 Å². The van der Waals surface area contributed by atoms with Gasteiger partial charge in [0.2, 0.25) is 0 Å². The van der Waals surface area contributed by atoms with Crippen LogP contribution >= 0.6 is 11.6 Å². The largest absolute Gasteiger partial charge is 0.500 e. The standard InChI is InChI=1S/C21H48ClNO6Si2/c1-7-24-30(25-8-2,26-9-3)20-14-18-23(17-13-16-22)19-15-21-31(27-10-4,28-11-5)29-12-6/h7-21H2,1-6H3. The molecular weight excluding hydrogens is 454 g/mol. The van der Waals surface area contributed by atoms with E-state index in [0.717, 1.165) is 51.0 Å². The molecule has 7 nitrogen and oxygen atoms in total. The van der Waals surface area contributed by atoms with Crippen LogP contribution in [0.25, 0.3) is 0 Å². The molecule has 31 heavy (non-hydrogen) atoms. The SMILES string of the molecule is CCO[Si](CCCN(CCCCl)CCC[Si](OCC)(OCC)OCC)(OCC)OCC. The van der Waals surface area contributed by atoms with E-state index in [0.29, 0.717) is 45.5 Å². The summed E-state index contributed by atoms with van der Waals surface area (Å²) in [5.41, 5.74) is 0. The van der Waals surface area contributed by atoms with Crippen molar-refractivity contribution in [1.29, 1.82) is 0 Å². The topological polar surface area (TPSA) is 58.6 Å². The van der Waals surface area contributed by atoms with Gasteiger partial charge in [0.25, 0.3) is 0 Å². The zero-order valence-corrected chi connectivity index (χ0v) is 23.6. The van der Waals surface area contributed by atoms with Crippen LogP contribution < -0.4 is 0 Å². The molecule has 0 bridgehead atoms. The van der Waals surface area contributed by atoms with Gasteiger partial charge in [-0.3, -0.25) is 0 Å². The highest BCUT2D eigenvalue weighted by Crippen LogP contribution is 2.21. The normalized spacial score (nSPS) is 12.8. The Morgan fingerprint density at radius 3 is 1.06 bits per heavy atom. The Labute approximate surface area is 198 Å². The maximum Gasteiger partial charge on any atom is 0.500 e. The third-order valence-corrected chi connectivity index (χ3v) is 11.3. The Morgan fingerprint density at radius 1 is 0.516 bits per heavy atom. The van der Waals surface area contributed by atoms with Gasteiger partial charge in [0.05, 0.1) is 0 Å². The van der Waals surface area contributed by atoms with Gasteiger partial charge in [-0.05, 0) is 80.4 Å². The molecular formula is C21H48ClNO6Si2. The second-order valence-corrected chi connectivity index (χ2v) is 12.9. The van der Waals surface area contributed by atoms with Gasteiger partial charge in [-0.1, -0.05) is 0 Å². The van der Waals surface area contributed by atoms with Gasteiger partial charge in [0.1, 0.15) is 0 Å². The van der Waals surface area contributed by atoms with Gasteiger partial charge in [-0.25, -0.2) is 0 Å². The number of hydrogen-bond donors (Lipinski definition) is 0. The van der Waals surface area contributed by atoms with Gasteiger partial charge < -0.3 is 31.5 Å². The first kappa shape index (κ1) is 31.4. The lowest BCUT2D eigenvalue weighted by Gasteiger charge is -2.31. The van der Waals surface area contributed by atoms with Crippen molar-refractivity contribution in [3.05, 3.63) is 0 Å². The van der Waals surface area contributed by atoms with E-state index in [1.807, 2.05) is 41.5 Å². The molecule has 0 aromatic heterocycles. The molecule has 0 fully saturated rings. The second-order valence-electron chi connectivity index (χ2n) is 7.06. The molecule has 0 aromatic rings. The average Bonchev–Trinajstić information content (AvgIpc) is 2.73. The zero-order chi connectivity index (χ0) is 23.4. The monoisotopic (exact) mass is 501 g/mol. The molecule has 0 spiro atoms. The molecule has 0 aliphatic heterocycles. The van der Waals surface area contributed by atoms with Crippen LogP contribution in [0, 0.1) is 0 Å². The van der Waals surface area contributed by atoms with E-state index in [4.69, 9.17) is 38.2 Å². The maximum atomic E-state index is 5.99. The third-order valence-electron chi connectivity index (χ3n) is 4.71. The van der Waals surface area contributed by atoms with Crippen molar-refractivity contribution in [1.82, 2.24) is 4.90 Å². The fourth-order valence-electron chi connectivity index (χ4n) is 3.66. The third kappa shape index (κ3) is 13.7. The summed E-state index contributed by atoms with van der Waals surface area (Å²) in [7, 11) is -5.19. The minimum atomic E-state index is -2.59. The molecule has 188 valence electrons. The summed E-state index contributed by atoms with van der Waals surface area (Å²) < 4.78 is 35.9. The van der Waals surface area contributed by atoms with Crippen LogP contribution in [0.5, 0.6) is 0 Å². The van der Waals surface area contributed by atoms with Crippen LogP contribution in [0.3, 0.4) is 0 Å². The van der Waals surface area contributed by atoms with E-state index in [1.54, 1.807) is 0 Å². The van der Waals surface area contributed by atoms with Crippen molar-refractivity contribution in [2.24, 2.45) is 0 Å². The Balaban J connectivity index is 4.86. The minimum absolute atomic E-state index is 0.612. The lowest BCUT2D eigenvalue weighted by molar-refractivity contribution is 0.0693. The summed E-state index contributed by atoms with van der Waals surface area (Å²) in [6.07, 6.45) is 2.91. The molecule has 0 N–H and O–H groups in total. The molecule has 0 heterocycles. The predicted octanol–water partition coefficient (Wildman–Crippen LogP) is 4.79. The van der Waals surface area contributed by atoms with Crippen molar-refractivity contribution < 1.29 is 26.6 Å². The first-order valence-corrected chi connectivity index (χ1v) is 16.5. The quantitative estimate of drug-likeness (QED) is 0.147. The summed E-state index contributed by atoms with van der Waals surface area (Å²) in [4.78, 5) is 2.47. The summed E-state index contributed by atoms with van der Waals surface area (Å²) in [5, 5.41) is 0. The Bertz CT molecular complexity index is 346. The highest BCUT2D eigenvalue weighted by molar-refractivity contribution is 6.61. The van der Waals surface area contributed by atoms with Crippen LogP contribution in [0.1, 0.15) is 60.8 Å². The molecule has 0 atom stereocenters. The van der Waals surface area contributed by atoms with Crippen molar-refractivity contribution in [3.63, 3.8) is 0 Å². The Morgan fingerprint density at radius 2 is 0.806 bits per heavy atom. The molecule has 0 aliphatic carbocycles. The van der Waals surface area contributed by atoms with Gasteiger partial charge in [-0.2, -0.15) is 0 Å². The van der Waals surface area contributed by atoms with Crippen LogP contribution in [-0.4, -0.2) is 87.7 Å². The number of nitrogens with zero attached hydrogens (tertiary/aromatic N) is 1. The van der Waals surface area contributed by atoms with E-state index in [1.165, 1.54) is 0 Å². The summed E-state index contributed by atoms with van der Waals surface area (Å²) >= 11 is 5.97. The predicted molar refractivity (Wildman–Crippen MR) is 132 cm³/mol. The first-order chi connectivity index (χ1) is 15.0. The van der Waals surface area contributed by atoms with E-state index in [9.17, 15) is 0 Å². The molecule has 0 radical (unpaired) electrons. The molecule has 0 aromatic carbocycles. The molecule has 0 saturated carbocycles. The van der Waals surface area contributed by atoms with Crippen LogP contribution in [0.2, 0.25) is 12.1 Å². The Kier molecular flexibility index (Phi) is 20.2. The van der Waals surface area contributed by atoms with Crippen LogP contribution in [0.15, 0.2) is 0 Å². The average molecular weight is 502 g/mol. The van der Waals surface area contributed by atoms with Gasteiger partial charge in [0, 0.05) is 57.6 Å². The number of halogens is 1. The lowest BCUT2D eigenvalue weighted by atomic mass is 10.3. The van der Waals surface area contributed by atoms with Gasteiger partial charge >= 0.3 is 17.6 Å². The fourth-order valence-corrected chi connectivity index (χ4v) is 8.97. The van der Waals surface area contributed by atoms with Crippen molar-refractivity contribution >= 4 is 29.2 Å². The van der Waals surface area contributed by atoms with E-state index in [2.05, 4.69) is 4.90 Å². The molecule has 0 aliphatic rings. The van der Waals surface area contributed by atoms with Crippen LogP contribution in [0.4, 0.5) is 0 Å². The number of alkyl halides is 1. The highest BCUT2D eigenvalue weighted by Gasteiger charge is 2.41. The molecule has 10 heteroatoms. The number of hydrogen-bond acceptors (Lipinski definition) is 7. The second kappa shape index (κ2) is 19.9. The highest BCUT2D eigenvalue weighted by atomic mass is 35.5. The molecule has 0 rings (SSSR count). The minimum Gasteiger partial charge on any atom is -0.374 e. The van der Waals surface area contributed by atoms with Gasteiger partial charge in [-0.15, -0.1) is 11.6 Å². The first-order valence-electron chi connectivity index (χ1n) is 12.1. The Hall–Kier alpha value is 0.444. The summed E-state index contributed by atoms with van der Waals surface area (Å²) in [6, 6.07) is 1.66. The molecule has 0 unspecified atom stereocenters. The van der Waals surface area contributed by atoms with Crippen molar-refractivity contribution in [2.45, 2.75) is 72.9 Å². The lowest BCUT2D eigenvalue weighted by Crippen LogP contribution is -2.47. The number of rotatable bonds is 23. The fraction of sp³-hybridized carbons (Fsp3) is 1.00. The maximum absolute atomic E-state index is 5.99. The van der Waals surface area contributed by atoms with E-state index >= 15 is 0 Å². The van der Waals surface area contributed by atoms with Gasteiger partial charge in [0.15, 0.2) is 0 Å². The van der Waals surface area contributed by atoms with Crippen molar-refractivity contribution in [2.75, 3.05) is 65.2 Å². The van der Waals surface area contributed by atoms with Crippen molar-refractivity contribution in [3.8, 4) is 0 Å². The molecule has 0 saturated heterocycles. The van der Waals surface area contributed by atoms with Crippen LogP contribution in [-0.2, 0) is 26.6 Å². The summed E-state index contributed by atoms with van der Waals surface area (Å²) in [5.74, 6) is 0.668. The summed E-state index contributed by atoms with van der Waals surface area (Å²) in [6.45, 7) is 18.6.